The topological polar surface area (TPSA) is 25.8 Å². The fraction of sp³-hybridized carbons (Fsp3) is 0. The lowest BCUT2D eigenvalue weighted by atomic mass is 10.2. The first-order valence-electron chi connectivity index (χ1n) is 3.56. The highest BCUT2D eigenvalue weighted by Gasteiger charge is 2.07. The molecule has 0 bridgehead atoms. The third kappa shape index (κ3) is 1.91. The average Bonchev–Trinajstić information content (AvgIpc) is 2.08. The Hall–Kier alpha value is 0.160. The minimum Gasteiger partial charge on any atom is -0.218 e. The number of benzene rings is 1. The fourth-order valence-electron chi connectivity index (χ4n) is 1.06. The second-order valence-electron chi connectivity index (χ2n) is 2.57. The van der Waals surface area contributed by atoms with Crippen LogP contribution in [0.3, 0.4) is 0 Å². The Morgan fingerprint density at radius 2 is 1.79 bits per heavy atom. The Balaban J connectivity index is 2.89. The lowest BCUT2D eigenvalue weighted by molar-refractivity contribution is 1.22. The molecule has 0 radical (unpaired) electrons. The van der Waals surface area contributed by atoms with Crippen molar-refractivity contribution in [3.8, 4) is 0 Å². The van der Waals surface area contributed by atoms with E-state index in [-0.39, 0.29) is 5.28 Å². The van der Waals surface area contributed by atoms with Crippen LogP contribution in [0.1, 0.15) is 0 Å². The van der Waals surface area contributed by atoms with Gasteiger partial charge in [-0.2, -0.15) is 0 Å². The van der Waals surface area contributed by atoms with Gasteiger partial charge in [0.1, 0.15) is 5.15 Å². The van der Waals surface area contributed by atoms with E-state index in [1.807, 2.05) is 6.07 Å². The van der Waals surface area contributed by atoms with Crippen LogP contribution in [-0.4, -0.2) is 9.97 Å². The summed E-state index contributed by atoms with van der Waals surface area (Å²) in [6, 6.07) is 3.55. The molecule has 1 aromatic heterocycles. The zero-order valence-electron chi connectivity index (χ0n) is 6.56. The normalized spacial score (nSPS) is 10.9. The van der Waals surface area contributed by atoms with Crippen molar-refractivity contribution in [1.82, 2.24) is 9.97 Å². The Kier molecular flexibility index (Phi) is 3.02. The van der Waals surface area contributed by atoms with Crippen molar-refractivity contribution in [1.29, 1.82) is 0 Å². The van der Waals surface area contributed by atoms with Gasteiger partial charge in [-0.1, -0.05) is 23.2 Å². The van der Waals surface area contributed by atoms with Crippen LogP contribution in [-0.2, 0) is 0 Å². The number of rotatable bonds is 0. The van der Waals surface area contributed by atoms with Gasteiger partial charge >= 0.3 is 0 Å². The van der Waals surface area contributed by atoms with Crippen LogP contribution in [0.2, 0.25) is 15.5 Å². The molecule has 2 aromatic rings. The first-order valence-corrected chi connectivity index (χ1v) is 5.77. The van der Waals surface area contributed by atoms with Crippen LogP contribution in [0.25, 0.3) is 10.9 Å². The zero-order valence-corrected chi connectivity index (χ0v) is 11.0. The van der Waals surface area contributed by atoms with E-state index in [0.29, 0.717) is 15.7 Å². The summed E-state index contributed by atoms with van der Waals surface area (Å²) < 4.78 is 0.907. The summed E-state index contributed by atoms with van der Waals surface area (Å²) in [6.45, 7) is 0. The smallest absolute Gasteiger partial charge is 0.218 e. The van der Waals surface area contributed by atoms with Gasteiger partial charge in [-0.3, -0.25) is 0 Å². The standard InChI is InChI=1S/C8H2Cl3IN2/c9-4-2-6-3(1-5(4)12)7(10)14-8(11)13-6/h1-2H. The van der Waals surface area contributed by atoms with Crippen molar-refractivity contribution in [3.63, 3.8) is 0 Å². The Bertz CT molecular complexity index is 515. The number of fused-ring (bicyclic) bond motifs is 1. The minimum absolute atomic E-state index is 0.125. The largest absolute Gasteiger partial charge is 0.224 e. The molecule has 0 spiro atoms. The summed E-state index contributed by atoms with van der Waals surface area (Å²) in [5.41, 5.74) is 0.653. The maximum Gasteiger partial charge on any atom is 0.224 e. The maximum atomic E-state index is 5.94. The van der Waals surface area contributed by atoms with Crippen molar-refractivity contribution in [3.05, 3.63) is 31.2 Å². The molecular weight excluding hydrogens is 357 g/mol. The predicted molar refractivity (Wildman–Crippen MR) is 67.3 cm³/mol. The summed E-state index contributed by atoms with van der Waals surface area (Å²) >= 11 is 19.6. The average molecular weight is 359 g/mol. The molecule has 72 valence electrons. The minimum atomic E-state index is 0.125. The van der Waals surface area contributed by atoms with Gasteiger partial charge < -0.3 is 0 Å². The summed E-state index contributed by atoms with van der Waals surface area (Å²) in [6.07, 6.45) is 0. The molecule has 1 aromatic carbocycles. The number of aromatic nitrogens is 2. The predicted octanol–water partition coefficient (Wildman–Crippen LogP) is 4.19. The number of hydrogen-bond donors (Lipinski definition) is 0. The van der Waals surface area contributed by atoms with E-state index in [9.17, 15) is 0 Å². The molecule has 0 fully saturated rings. The molecule has 6 heteroatoms. The Morgan fingerprint density at radius 1 is 1.07 bits per heavy atom. The summed E-state index contributed by atoms with van der Waals surface area (Å²) in [4.78, 5) is 7.87. The molecule has 0 amide bonds. The lowest BCUT2D eigenvalue weighted by Gasteiger charge is -2.02. The van der Waals surface area contributed by atoms with E-state index in [0.717, 1.165) is 8.96 Å². The third-order valence-corrected chi connectivity index (χ3v) is 3.65. The van der Waals surface area contributed by atoms with Crippen molar-refractivity contribution in [2.24, 2.45) is 0 Å². The van der Waals surface area contributed by atoms with Crippen molar-refractivity contribution in [2.45, 2.75) is 0 Å². The summed E-state index contributed by atoms with van der Waals surface area (Å²) in [5, 5.41) is 1.85. The van der Waals surface area contributed by atoms with Gasteiger partial charge in [-0.05, 0) is 46.3 Å². The highest BCUT2D eigenvalue weighted by atomic mass is 127. The van der Waals surface area contributed by atoms with Crippen molar-refractivity contribution < 1.29 is 0 Å². The second kappa shape index (κ2) is 3.96. The van der Waals surface area contributed by atoms with Gasteiger partial charge in [0.15, 0.2) is 0 Å². The van der Waals surface area contributed by atoms with E-state index < -0.39 is 0 Å². The Morgan fingerprint density at radius 3 is 2.50 bits per heavy atom. The van der Waals surface area contributed by atoms with E-state index in [1.165, 1.54) is 0 Å². The van der Waals surface area contributed by atoms with Crippen LogP contribution >= 0.6 is 57.4 Å². The molecule has 2 nitrogen and oxygen atoms in total. The van der Waals surface area contributed by atoms with Crippen LogP contribution in [0, 0.1) is 3.57 Å². The third-order valence-electron chi connectivity index (χ3n) is 1.66. The lowest BCUT2D eigenvalue weighted by Crippen LogP contribution is -1.88. The van der Waals surface area contributed by atoms with E-state index in [2.05, 4.69) is 32.6 Å². The van der Waals surface area contributed by atoms with Crippen molar-refractivity contribution in [2.75, 3.05) is 0 Å². The van der Waals surface area contributed by atoms with Crippen LogP contribution < -0.4 is 0 Å². The summed E-state index contributed by atoms with van der Waals surface area (Å²) in [5.74, 6) is 0. The number of halogens is 4. The molecule has 0 saturated carbocycles. The molecule has 0 aliphatic carbocycles. The second-order valence-corrected chi connectivity index (χ2v) is 4.83. The first kappa shape index (κ1) is 10.7. The van der Waals surface area contributed by atoms with Gasteiger partial charge in [0.25, 0.3) is 0 Å². The molecule has 0 atom stereocenters. The molecule has 0 saturated heterocycles. The van der Waals surface area contributed by atoms with Gasteiger partial charge in [0.2, 0.25) is 5.28 Å². The van der Waals surface area contributed by atoms with Crippen LogP contribution in [0.4, 0.5) is 0 Å². The van der Waals surface area contributed by atoms with Gasteiger partial charge in [-0.25, -0.2) is 9.97 Å². The SMILES string of the molecule is Clc1nc(Cl)c2cc(I)c(Cl)cc2n1. The van der Waals surface area contributed by atoms with Crippen LogP contribution in [0.5, 0.6) is 0 Å². The monoisotopic (exact) mass is 358 g/mol. The summed E-state index contributed by atoms with van der Waals surface area (Å²) in [7, 11) is 0. The molecule has 0 N–H and O–H groups in total. The number of hydrogen-bond acceptors (Lipinski definition) is 2. The first-order chi connectivity index (χ1) is 6.58. The van der Waals surface area contributed by atoms with E-state index >= 15 is 0 Å². The molecule has 14 heavy (non-hydrogen) atoms. The van der Waals surface area contributed by atoms with Gasteiger partial charge in [0.05, 0.1) is 10.5 Å². The molecule has 0 aliphatic heterocycles. The zero-order chi connectivity index (χ0) is 10.3. The highest BCUT2D eigenvalue weighted by Crippen LogP contribution is 2.28. The maximum absolute atomic E-state index is 5.94. The van der Waals surface area contributed by atoms with Gasteiger partial charge in [-0.15, -0.1) is 0 Å². The number of nitrogens with zero attached hydrogens (tertiary/aromatic N) is 2. The Labute approximate surface area is 109 Å². The van der Waals surface area contributed by atoms with E-state index in [1.54, 1.807) is 6.07 Å². The van der Waals surface area contributed by atoms with E-state index in [4.69, 9.17) is 34.8 Å². The quantitative estimate of drug-likeness (QED) is 0.400. The molecular formula is C8H2Cl3IN2. The molecule has 1 heterocycles. The molecule has 0 aliphatic rings. The van der Waals surface area contributed by atoms with Crippen molar-refractivity contribution >= 4 is 68.3 Å². The molecule has 0 unspecified atom stereocenters. The van der Waals surface area contributed by atoms with Crippen LogP contribution in [0.15, 0.2) is 12.1 Å². The van der Waals surface area contributed by atoms with Gasteiger partial charge in [0, 0.05) is 8.96 Å². The fourth-order valence-corrected chi connectivity index (χ4v) is 2.13. The highest BCUT2D eigenvalue weighted by molar-refractivity contribution is 14.1. The molecule has 2 rings (SSSR count).